The Labute approximate surface area is 130 Å². The van der Waals surface area contributed by atoms with Crippen LogP contribution in [0.3, 0.4) is 0 Å². The molecule has 4 atom stereocenters. The van der Waals surface area contributed by atoms with Crippen molar-refractivity contribution in [2.24, 2.45) is 0 Å². The fourth-order valence-corrected chi connectivity index (χ4v) is 2.71. The van der Waals surface area contributed by atoms with Gasteiger partial charge in [-0.1, -0.05) is 0 Å². The van der Waals surface area contributed by atoms with Crippen molar-refractivity contribution in [3.63, 3.8) is 0 Å². The molecular formula is C14H17N3O6. The molecule has 1 aliphatic heterocycles. The average molecular weight is 323 g/mol. The molecule has 3 heterocycles. The highest BCUT2D eigenvalue weighted by atomic mass is 16.6. The number of aromatic amines is 2. The smallest absolute Gasteiger partial charge is 0.330 e. The summed E-state index contributed by atoms with van der Waals surface area (Å²) < 4.78 is 11.8. The molecule has 1 fully saturated rings. The van der Waals surface area contributed by atoms with Crippen LogP contribution in [0.25, 0.3) is 11.3 Å². The molecule has 0 radical (unpaired) electrons. The Bertz CT molecular complexity index is 781. The number of rotatable bonds is 4. The second-order valence-corrected chi connectivity index (χ2v) is 5.23. The Kier molecular flexibility index (Phi) is 4.18. The van der Waals surface area contributed by atoms with Crippen LogP contribution in [0.1, 0.15) is 6.23 Å². The van der Waals surface area contributed by atoms with Gasteiger partial charge in [-0.05, 0) is 12.1 Å². The van der Waals surface area contributed by atoms with E-state index in [1.165, 1.54) is 13.3 Å². The topological polar surface area (TPSA) is 130 Å². The van der Waals surface area contributed by atoms with Crippen molar-refractivity contribution in [1.82, 2.24) is 14.5 Å². The van der Waals surface area contributed by atoms with Crippen LogP contribution < -0.4 is 11.2 Å². The first-order chi connectivity index (χ1) is 11.1. The summed E-state index contributed by atoms with van der Waals surface area (Å²) in [6.07, 6.45) is -0.798. The Balaban J connectivity index is 2.08. The van der Waals surface area contributed by atoms with Gasteiger partial charge in [-0.3, -0.25) is 14.3 Å². The Morgan fingerprint density at radius 2 is 2.22 bits per heavy atom. The third-order valence-corrected chi connectivity index (χ3v) is 3.89. The number of nitrogens with one attached hydrogen (secondary N) is 2. The maximum atomic E-state index is 12.1. The number of hydrogen-bond donors (Lipinski definition) is 4. The van der Waals surface area contributed by atoms with Gasteiger partial charge in [-0.15, -0.1) is 0 Å². The van der Waals surface area contributed by atoms with Gasteiger partial charge in [0.2, 0.25) is 0 Å². The Morgan fingerprint density at radius 3 is 2.83 bits per heavy atom. The molecule has 0 spiro atoms. The molecule has 4 N–H and O–H groups in total. The van der Waals surface area contributed by atoms with Crippen molar-refractivity contribution in [2.75, 3.05) is 13.7 Å². The first-order valence-electron chi connectivity index (χ1n) is 7.03. The number of hydrogen-bond acceptors (Lipinski definition) is 6. The van der Waals surface area contributed by atoms with E-state index < -0.39 is 42.4 Å². The third-order valence-electron chi connectivity index (χ3n) is 3.89. The van der Waals surface area contributed by atoms with Crippen molar-refractivity contribution >= 4 is 0 Å². The van der Waals surface area contributed by atoms with E-state index >= 15 is 0 Å². The molecule has 0 unspecified atom stereocenters. The molecule has 124 valence electrons. The minimum absolute atomic E-state index is 0.245. The van der Waals surface area contributed by atoms with Gasteiger partial charge >= 0.3 is 5.69 Å². The molecule has 0 bridgehead atoms. The highest BCUT2D eigenvalue weighted by molar-refractivity contribution is 5.56. The average Bonchev–Trinajstić information content (AvgIpc) is 3.15. The van der Waals surface area contributed by atoms with Crippen LogP contribution in [-0.2, 0) is 9.47 Å². The summed E-state index contributed by atoms with van der Waals surface area (Å²) >= 11 is 0. The van der Waals surface area contributed by atoms with Crippen LogP contribution in [-0.4, -0.2) is 56.8 Å². The molecule has 2 aromatic heterocycles. The third kappa shape index (κ3) is 2.63. The molecule has 0 amide bonds. The fraction of sp³-hybridized carbons (Fsp3) is 0.429. The highest BCUT2D eigenvalue weighted by Gasteiger charge is 2.45. The number of H-pyrrole nitrogens is 2. The van der Waals surface area contributed by atoms with Crippen LogP contribution in [0.15, 0.2) is 34.1 Å². The zero-order valence-corrected chi connectivity index (χ0v) is 12.3. The second kappa shape index (κ2) is 6.13. The number of aromatic nitrogens is 3. The molecule has 2 aromatic rings. The summed E-state index contributed by atoms with van der Waals surface area (Å²) in [6, 6.07) is 3.41. The van der Waals surface area contributed by atoms with Crippen LogP contribution in [0.4, 0.5) is 0 Å². The Morgan fingerprint density at radius 1 is 1.43 bits per heavy atom. The van der Waals surface area contributed by atoms with Crippen molar-refractivity contribution in [2.45, 2.75) is 24.5 Å². The van der Waals surface area contributed by atoms with Crippen LogP contribution in [0.5, 0.6) is 0 Å². The predicted molar refractivity (Wildman–Crippen MR) is 78.9 cm³/mol. The van der Waals surface area contributed by atoms with Crippen molar-refractivity contribution < 1.29 is 19.7 Å². The molecule has 9 heteroatoms. The molecule has 1 aliphatic rings. The molecule has 3 rings (SSSR count). The van der Waals surface area contributed by atoms with E-state index in [4.69, 9.17) is 9.47 Å². The highest BCUT2D eigenvalue weighted by Crippen LogP contribution is 2.30. The molecular weight excluding hydrogens is 306 g/mol. The van der Waals surface area contributed by atoms with Crippen molar-refractivity contribution in [1.29, 1.82) is 0 Å². The molecule has 0 saturated carbocycles. The summed E-state index contributed by atoms with van der Waals surface area (Å²) in [4.78, 5) is 29.2. The summed E-state index contributed by atoms with van der Waals surface area (Å²) in [7, 11) is 1.37. The largest absolute Gasteiger partial charge is 0.394 e. The van der Waals surface area contributed by atoms with Crippen molar-refractivity contribution in [3.05, 3.63) is 45.4 Å². The predicted octanol–water partition coefficient (Wildman–Crippen LogP) is -1.20. The summed E-state index contributed by atoms with van der Waals surface area (Å²) in [6.45, 7) is -0.418. The first kappa shape index (κ1) is 15.7. The van der Waals surface area contributed by atoms with E-state index in [1.54, 1.807) is 18.3 Å². The number of ether oxygens (including phenoxy) is 2. The van der Waals surface area contributed by atoms with E-state index in [0.717, 1.165) is 4.57 Å². The summed E-state index contributed by atoms with van der Waals surface area (Å²) in [5.41, 5.74) is -0.454. The number of nitrogens with zero attached hydrogens (tertiary/aromatic N) is 1. The van der Waals surface area contributed by atoms with Gasteiger partial charge < -0.3 is 24.7 Å². The monoisotopic (exact) mass is 323 g/mol. The molecule has 9 nitrogen and oxygen atoms in total. The first-order valence-corrected chi connectivity index (χ1v) is 7.03. The second-order valence-electron chi connectivity index (χ2n) is 5.23. The number of aliphatic hydroxyl groups is 2. The number of methoxy groups -OCH3 is 1. The van der Waals surface area contributed by atoms with E-state index in [-0.39, 0.29) is 5.56 Å². The zero-order valence-electron chi connectivity index (χ0n) is 12.3. The van der Waals surface area contributed by atoms with E-state index in [2.05, 4.69) is 9.97 Å². The van der Waals surface area contributed by atoms with Gasteiger partial charge in [0.05, 0.1) is 17.9 Å². The quantitative estimate of drug-likeness (QED) is 0.559. The minimum Gasteiger partial charge on any atom is -0.394 e. The molecule has 1 saturated heterocycles. The van der Waals surface area contributed by atoms with Gasteiger partial charge in [-0.2, -0.15) is 0 Å². The van der Waals surface area contributed by atoms with Gasteiger partial charge in [-0.25, -0.2) is 4.79 Å². The summed E-state index contributed by atoms with van der Waals surface area (Å²) in [5, 5.41) is 19.3. The van der Waals surface area contributed by atoms with E-state index in [9.17, 15) is 19.8 Å². The maximum absolute atomic E-state index is 12.1. The zero-order chi connectivity index (χ0) is 16.6. The van der Waals surface area contributed by atoms with Crippen molar-refractivity contribution in [3.8, 4) is 11.3 Å². The van der Waals surface area contributed by atoms with Gasteiger partial charge in [0.1, 0.15) is 18.3 Å². The fourth-order valence-electron chi connectivity index (χ4n) is 2.71. The maximum Gasteiger partial charge on any atom is 0.330 e. The van der Waals surface area contributed by atoms with Gasteiger partial charge in [0.25, 0.3) is 5.56 Å². The standard InChI is InChI=1S/C14H17N3O6/c1-22-11-10(19)9(6-18)23-13(11)17-5-7(8-3-2-4-15-8)12(20)16-14(17)21/h2-5,9-11,13,15,18-19H,6H2,1H3,(H,16,20,21)/t9-,10-,11-,13-/m1/s1. The molecule has 0 aliphatic carbocycles. The molecule has 23 heavy (non-hydrogen) atoms. The minimum atomic E-state index is -1.09. The number of aliphatic hydroxyl groups excluding tert-OH is 2. The van der Waals surface area contributed by atoms with Crippen LogP contribution in [0.2, 0.25) is 0 Å². The SMILES string of the molecule is CO[C@@H]1[C@H](O)[C@@H](CO)O[C@H]1n1cc(-c2ccc[nH]2)c(=O)[nH]c1=O. The molecule has 0 aromatic carbocycles. The van der Waals surface area contributed by atoms with Crippen LogP contribution in [0, 0.1) is 0 Å². The van der Waals surface area contributed by atoms with Crippen LogP contribution >= 0.6 is 0 Å². The lowest BCUT2D eigenvalue weighted by atomic mass is 10.1. The van der Waals surface area contributed by atoms with E-state index in [1.807, 2.05) is 0 Å². The Hall–Kier alpha value is -2.20. The lowest BCUT2D eigenvalue weighted by Gasteiger charge is -2.20. The normalized spacial score (nSPS) is 27.4. The van der Waals surface area contributed by atoms with Gasteiger partial charge in [0, 0.05) is 19.5 Å². The lowest BCUT2D eigenvalue weighted by molar-refractivity contribution is -0.0624. The lowest BCUT2D eigenvalue weighted by Crippen LogP contribution is -2.39. The van der Waals surface area contributed by atoms with E-state index in [0.29, 0.717) is 5.69 Å². The van der Waals surface area contributed by atoms with Gasteiger partial charge in [0.15, 0.2) is 6.23 Å². The summed E-state index contributed by atoms with van der Waals surface area (Å²) in [5.74, 6) is 0.